The van der Waals surface area contributed by atoms with Gasteiger partial charge in [0, 0.05) is 0 Å². The van der Waals surface area contributed by atoms with Crippen LogP contribution in [0.1, 0.15) is 12.8 Å². The molecule has 0 aromatic carbocycles. The van der Waals surface area contributed by atoms with Crippen molar-refractivity contribution in [1.82, 2.24) is 0 Å². The zero-order valence-corrected chi connectivity index (χ0v) is 6.02. The van der Waals surface area contributed by atoms with Gasteiger partial charge in [0.2, 0.25) is 10.0 Å². The summed E-state index contributed by atoms with van der Waals surface area (Å²) >= 11 is 0. The van der Waals surface area contributed by atoms with Crippen LogP contribution in [0.25, 0.3) is 0 Å². The molecule has 0 aromatic rings. The predicted molar refractivity (Wildman–Crippen MR) is 37.4 cm³/mol. The SMILES string of the molecule is C=CCCCS(N)(=O)=O. The minimum atomic E-state index is -3.24. The number of hydrogen-bond acceptors (Lipinski definition) is 2. The van der Waals surface area contributed by atoms with Crippen molar-refractivity contribution in [2.45, 2.75) is 12.8 Å². The van der Waals surface area contributed by atoms with Crippen LogP contribution in [0.3, 0.4) is 0 Å². The van der Waals surface area contributed by atoms with E-state index in [1.807, 2.05) is 0 Å². The summed E-state index contributed by atoms with van der Waals surface area (Å²) in [5.74, 6) is 0.0546. The Morgan fingerprint density at radius 2 is 2.11 bits per heavy atom. The average Bonchev–Trinajstić information content (AvgIpc) is 1.63. The van der Waals surface area contributed by atoms with Crippen LogP contribution in [0.2, 0.25) is 0 Å². The largest absolute Gasteiger partial charge is 0.229 e. The molecule has 0 radical (unpaired) electrons. The Kier molecular flexibility index (Phi) is 3.49. The van der Waals surface area contributed by atoms with Crippen LogP contribution in [0, 0.1) is 0 Å². The molecular weight excluding hydrogens is 138 g/mol. The highest BCUT2D eigenvalue weighted by Crippen LogP contribution is 1.91. The highest BCUT2D eigenvalue weighted by atomic mass is 32.2. The summed E-state index contributed by atoms with van der Waals surface area (Å²) in [7, 11) is -3.24. The van der Waals surface area contributed by atoms with Gasteiger partial charge < -0.3 is 0 Å². The van der Waals surface area contributed by atoms with Gasteiger partial charge in [-0.15, -0.1) is 6.58 Å². The first kappa shape index (κ1) is 8.65. The van der Waals surface area contributed by atoms with E-state index in [1.54, 1.807) is 6.08 Å². The van der Waals surface area contributed by atoms with Gasteiger partial charge in [0.1, 0.15) is 0 Å². The fraction of sp³-hybridized carbons (Fsp3) is 0.600. The lowest BCUT2D eigenvalue weighted by atomic mass is 10.3. The lowest BCUT2D eigenvalue weighted by Gasteiger charge is -1.92. The number of primary sulfonamides is 1. The van der Waals surface area contributed by atoms with E-state index in [9.17, 15) is 8.42 Å². The van der Waals surface area contributed by atoms with Crippen LogP contribution in [0.4, 0.5) is 0 Å². The topological polar surface area (TPSA) is 60.2 Å². The van der Waals surface area contributed by atoms with Crippen molar-refractivity contribution in [2.75, 3.05) is 5.75 Å². The average molecular weight is 149 g/mol. The van der Waals surface area contributed by atoms with Gasteiger partial charge in [0.15, 0.2) is 0 Å². The third kappa shape index (κ3) is 7.65. The van der Waals surface area contributed by atoms with Crippen molar-refractivity contribution < 1.29 is 8.42 Å². The molecule has 0 bridgehead atoms. The third-order valence-electron chi connectivity index (χ3n) is 0.837. The first-order chi connectivity index (χ1) is 4.06. The molecule has 3 nitrogen and oxygen atoms in total. The van der Waals surface area contributed by atoms with Crippen LogP contribution >= 0.6 is 0 Å². The van der Waals surface area contributed by atoms with Crippen molar-refractivity contribution >= 4 is 10.0 Å². The molecule has 0 rings (SSSR count). The second-order valence-electron chi connectivity index (χ2n) is 1.80. The fourth-order valence-corrected chi connectivity index (χ4v) is 0.998. The van der Waals surface area contributed by atoms with Crippen LogP contribution in [0.5, 0.6) is 0 Å². The van der Waals surface area contributed by atoms with Gasteiger partial charge in [-0.3, -0.25) is 0 Å². The number of rotatable bonds is 4. The van der Waals surface area contributed by atoms with Crippen molar-refractivity contribution in [3.8, 4) is 0 Å². The van der Waals surface area contributed by atoms with Crippen molar-refractivity contribution in [2.24, 2.45) is 5.14 Å². The van der Waals surface area contributed by atoms with Crippen LogP contribution in [-0.4, -0.2) is 14.2 Å². The van der Waals surface area contributed by atoms with Gasteiger partial charge in [-0.1, -0.05) is 6.08 Å². The van der Waals surface area contributed by atoms with Crippen molar-refractivity contribution in [3.63, 3.8) is 0 Å². The summed E-state index contributed by atoms with van der Waals surface area (Å²) in [6.07, 6.45) is 2.95. The minimum Gasteiger partial charge on any atom is -0.229 e. The van der Waals surface area contributed by atoms with Crippen molar-refractivity contribution in [1.29, 1.82) is 0 Å². The van der Waals surface area contributed by atoms with Gasteiger partial charge in [0.05, 0.1) is 5.75 Å². The maximum atomic E-state index is 10.2. The molecule has 54 valence electrons. The van der Waals surface area contributed by atoms with E-state index in [0.29, 0.717) is 12.8 Å². The molecule has 0 unspecified atom stereocenters. The van der Waals surface area contributed by atoms with Gasteiger partial charge in [-0.05, 0) is 12.8 Å². The van der Waals surface area contributed by atoms with Gasteiger partial charge in [-0.25, -0.2) is 13.6 Å². The number of sulfonamides is 1. The number of allylic oxidation sites excluding steroid dienone is 1. The molecule has 0 saturated heterocycles. The first-order valence-corrected chi connectivity index (χ1v) is 4.39. The fourth-order valence-electron chi connectivity index (χ4n) is 0.429. The lowest BCUT2D eigenvalue weighted by molar-refractivity contribution is 0.595. The Hall–Kier alpha value is -0.350. The molecule has 0 fully saturated rings. The van der Waals surface area contributed by atoms with Crippen LogP contribution < -0.4 is 5.14 Å². The molecule has 0 spiro atoms. The molecule has 9 heavy (non-hydrogen) atoms. The number of nitrogens with two attached hydrogens (primary N) is 1. The minimum absolute atomic E-state index is 0.0546. The van der Waals surface area contributed by atoms with E-state index in [0.717, 1.165) is 0 Å². The summed E-state index contributed by atoms with van der Waals surface area (Å²) in [6, 6.07) is 0. The van der Waals surface area contributed by atoms with Gasteiger partial charge in [-0.2, -0.15) is 0 Å². The van der Waals surface area contributed by atoms with E-state index in [-0.39, 0.29) is 5.75 Å². The summed E-state index contributed by atoms with van der Waals surface area (Å²) in [5.41, 5.74) is 0. The maximum absolute atomic E-state index is 10.2. The molecule has 0 heterocycles. The van der Waals surface area contributed by atoms with Crippen LogP contribution in [0.15, 0.2) is 12.7 Å². The molecule has 2 N–H and O–H groups in total. The zero-order chi connectivity index (χ0) is 7.33. The summed E-state index contributed by atoms with van der Waals surface area (Å²) in [6.45, 7) is 3.44. The maximum Gasteiger partial charge on any atom is 0.209 e. The third-order valence-corrected chi connectivity index (χ3v) is 1.69. The lowest BCUT2D eigenvalue weighted by Crippen LogP contribution is -2.15. The molecule has 0 aliphatic rings. The number of unbranched alkanes of at least 4 members (excludes halogenated alkanes) is 1. The standard InChI is InChI=1S/C5H11NO2S/c1-2-3-4-5-9(6,7)8/h2H,1,3-5H2,(H2,6,7,8). The Bertz CT molecular complexity index is 171. The van der Waals surface area contributed by atoms with E-state index in [4.69, 9.17) is 5.14 Å². The molecular formula is C5H11NO2S. The summed E-state index contributed by atoms with van der Waals surface area (Å²) in [4.78, 5) is 0. The molecule has 0 atom stereocenters. The Labute approximate surface area is 55.6 Å². The molecule has 4 heteroatoms. The molecule has 0 aromatic heterocycles. The first-order valence-electron chi connectivity index (χ1n) is 2.67. The highest BCUT2D eigenvalue weighted by molar-refractivity contribution is 7.89. The molecule has 0 saturated carbocycles. The second-order valence-corrected chi connectivity index (χ2v) is 3.53. The Balaban J connectivity index is 3.40. The van der Waals surface area contributed by atoms with E-state index < -0.39 is 10.0 Å². The normalized spacial score (nSPS) is 11.2. The smallest absolute Gasteiger partial charge is 0.209 e. The van der Waals surface area contributed by atoms with Crippen molar-refractivity contribution in [3.05, 3.63) is 12.7 Å². The quantitative estimate of drug-likeness (QED) is 0.460. The zero-order valence-electron chi connectivity index (χ0n) is 5.21. The van der Waals surface area contributed by atoms with Gasteiger partial charge in [0.25, 0.3) is 0 Å². The Morgan fingerprint density at radius 1 is 1.56 bits per heavy atom. The van der Waals surface area contributed by atoms with Gasteiger partial charge >= 0.3 is 0 Å². The van der Waals surface area contributed by atoms with Crippen LogP contribution in [-0.2, 0) is 10.0 Å². The predicted octanol–water partition coefficient (Wildman–Crippen LogP) is 0.241. The Morgan fingerprint density at radius 3 is 2.44 bits per heavy atom. The molecule has 0 aliphatic carbocycles. The monoisotopic (exact) mass is 149 g/mol. The summed E-state index contributed by atoms with van der Waals surface area (Å²) in [5, 5.41) is 4.71. The second kappa shape index (κ2) is 3.63. The highest BCUT2D eigenvalue weighted by Gasteiger charge is 1.98. The number of hydrogen-bond donors (Lipinski definition) is 1. The molecule has 0 aliphatic heterocycles. The summed E-state index contributed by atoms with van der Waals surface area (Å²) < 4.78 is 20.5. The van der Waals surface area contributed by atoms with E-state index in [2.05, 4.69) is 6.58 Å². The molecule has 0 amide bonds. The van der Waals surface area contributed by atoms with E-state index >= 15 is 0 Å². The van der Waals surface area contributed by atoms with E-state index in [1.165, 1.54) is 0 Å².